The number of hydrogen-bond donors (Lipinski definition) is 1. The molecule has 7 nitrogen and oxygen atoms in total. The van der Waals surface area contributed by atoms with Crippen molar-refractivity contribution in [2.45, 2.75) is 38.8 Å². The van der Waals surface area contributed by atoms with Crippen molar-refractivity contribution in [1.29, 1.82) is 0 Å². The van der Waals surface area contributed by atoms with Crippen molar-refractivity contribution in [2.75, 3.05) is 26.2 Å². The van der Waals surface area contributed by atoms with Crippen LogP contribution in [-0.2, 0) is 17.9 Å². The summed E-state index contributed by atoms with van der Waals surface area (Å²) < 4.78 is 1.88. The number of urea groups is 1. The van der Waals surface area contributed by atoms with Crippen LogP contribution in [0.4, 0.5) is 4.79 Å². The largest absolute Gasteiger partial charge is 0.352 e. The summed E-state index contributed by atoms with van der Waals surface area (Å²) in [6.45, 7) is 4.15. The molecule has 0 bridgehead atoms. The molecular weight excluding hydrogens is 366 g/mol. The number of hydrogen-bond acceptors (Lipinski definition) is 3. The highest BCUT2D eigenvalue weighted by Gasteiger charge is 2.31. The summed E-state index contributed by atoms with van der Waals surface area (Å²) in [6.07, 6.45) is 7.59. The Bertz CT molecular complexity index is 829. The van der Waals surface area contributed by atoms with Gasteiger partial charge in [-0.15, -0.1) is 0 Å². The summed E-state index contributed by atoms with van der Waals surface area (Å²) in [4.78, 5) is 29.3. The summed E-state index contributed by atoms with van der Waals surface area (Å²) in [5.74, 6) is -0.0913. The summed E-state index contributed by atoms with van der Waals surface area (Å²) in [5, 5.41) is 7.36. The van der Waals surface area contributed by atoms with Crippen LogP contribution in [0.15, 0.2) is 42.7 Å². The third-order valence-electron chi connectivity index (χ3n) is 5.90. The van der Waals surface area contributed by atoms with E-state index in [1.54, 1.807) is 6.20 Å². The minimum atomic E-state index is -0.131. The summed E-state index contributed by atoms with van der Waals surface area (Å²) in [7, 11) is 0. The summed E-state index contributed by atoms with van der Waals surface area (Å²) in [6, 6.07) is 10.1. The summed E-state index contributed by atoms with van der Waals surface area (Å²) >= 11 is 0. The molecule has 2 fully saturated rings. The Balaban J connectivity index is 1.33. The van der Waals surface area contributed by atoms with Gasteiger partial charge in [-0.05, 0) is 42.9 Å². The van der Waals surface area contributed by atoms with E-state index in [0.717, 1.165) is 56.4 Å². The Morgan fingerprint density at radius 1 is 1.00 bits per heavy atom. The fourth-order valence-electron chi connectivity index (χ4n) is 4.25. The first-order chi connectivity index (χ1) is 14.2. The Morgan fingerprint density at radius 3 is 2.52 bits per heavy atom. The quantitative estimate of drug-likeness (QED) is 0.846. The van der Waals surface area contributed by atoms with E-state index in [0.29, 0.717) is 19.6 Å². The third-order valence-corrected chi connectivity index (χ3v) is 5.90. The van der Waals surface area contributed by atoms with Crippen LogP contribution in [-0.4, -0.2) is 57.7 Å². The van der Waals surface area contributed by atoms with Crippen LogP contribution >= 0.6 is 0 Å². The monoisotopic (exact) mass is 395 g/mol. The van der Waals surface area contributed by atoms with Crippen molar-refractivity contribution in [3.05, 3.63) is 53.9 Å². The topological polar surface area (TPSA) is 70.5 Å². The number of benzene rings is 1. The molecule has 0 radical (unpaired) electrons. The average Bonchev–Trinajstić information content (AvgIpc) is 3.47. The molecule has 2 aliphatic rings. The number of nitrogens with zero attached hydrogens (tertiary/aromatic N) is 4. The Kier molecular flexibility index (Phi) is 6.12. The molecule has 7 heteroatoms. The van der Waals surface area contributed by atoms with E-state index >= 15 is 0 Å². The molecular formula is C22H29N5O2. The Morgan fingerprint density at radius 2 is 1.76 bits per heavy atom. The predicted octanol–water partition coefficient (Wildman–Crippen LogP) is 2.48. The molecule has 29 heavy (non-hydrogen) atoms. The van der Waals surface area contributed by atoms with Gasteiger partial charge in [0.1, 0.15) is 0 Å². The van der Waals surface area contributed by atoms with E-state index < -0.39 is 0 Å². The van der Waals surface area contributed by atoms with Crippen LogP contribution in [0.1, 0.15) is 36.8 Å². The van der Waals surface area contributed by atoms with Crippen LogP contribution in [0.5, 0.6) is 0 Å². The second-order valence-corrected chi connectivity index (χ2v) is 7.95. The van der Waals surface area contributed by atoms with Crippen LogP contribution < -0.4 is 5.32 Å². The second kappa shape index (κ2) is 9.11. The average molecular weight is 396 g/mol. The van der Waals surface area contributed by atoms with Gasteiger partial charge in [0.25, 0.3) is 0 Å². The maximum absolute atomic E-state index is 12.8. The number of nitrogens with one attached hydrogen (secondary N) is 1. The molecule has 1 N–H and O–H groups in total. The zero-order chi connectivity index (χ0) is 20.1. The van der Waals surface area contributed by atoms with Crippen LogP contribution in [0.2, 0.25) is 0 Å². The maximum Gasteiger partial charge on any atom is 0.320 e. The van der Waals surface area contributed by atoms with E-state index in [1.165, 1.54) is 0 Å². The van der Waals surface area contributed by atoms with Gasteiger partial charge in [-0.2, -0.15) is 5.10 Å². The number of carbonyl (C=O) groups is 2. The van der Waals surface area contributed by atoms with E-state index in [2.05, 4.69) is 16.5 Å². The lowest BCUT2D eigenvalue weighted by atomic mass is 9.97. The molecule has 0 saturated carbocycles. The Hall–Kier alpha value is -2.83. The summed E-state index contributed by atoms with van der Waals surface area (Å²) in [5.41, 5.74) is 2.24. The number of carbonyl (C=O) groups excluding carboxylic acids is 2. The highest BCUT2D eigenvalue weighted by molar-refractivity contribution is 5.81. The molecule has 1 aromatic carbocycles. The van der Waals surface area contributed by atoms with Crippen molar-refractivity contribution in [3.8, 4) is 0 Å². The van der Waals surface area contributed by atoms with Crippen molar-refractivity contribution in [3.63, 3.8) is 0 Å². The molecule has 0 spiro atoms. The zero-order valence-electron chi connectivity index (χ0n) is 16.8. The van der Waals surface area contributed by atoms with Gasteiger partial charge in [-0.1, -0.05) is 24.3 Å². The van der Waals surface area contributed by atoms with E-state index in [4.69, 9.17) is 0 Å². The Labute approximate surface area is 171 Å². The van der Waals surface area contributed by atoms with E-state index in [1.807, 2.05) is 44.9 Å². The maximum atomic E-state index is 12.8. The molecule has 2 saturated heterocycles. The number of amides is 3. The third kappa shape index (κ3) is 4.78. The van der Waals surface area contributed by atoms with Crippen LogP contribution in [0.3, 0.4) is 0 Å². The molecule has 3 amide bonds. The SMILES string of the molecule is O=C(NCc1ccccc1Cn1cccn1)[C@H]1CCCN(C(=O)N2CCCC2)C1. The molecule has 2 aliphatic heterocycles. The molecule has 0 aliphatic carbocycles. The van der Waals surface area contributed by atoms with Gasteiger partial charge in [0.2, 0.25) is 5.91 Å². The normalized spacial score (nSPS) is 19.4. The van der Waals surface area contributed by atoms with E-state index in [-0.39, 0.29) is 17.9 Å². The molecule has 2 aromatic rings. The lowest BCUT2D eigenvalue weighted by Gasteiger charge is -2.34. The van der Waals surface area contributed by atoms with Crippen LogP contribution in [0, 0.1) is 5.92 Å². The molecule has 154 valence electrons. The molecule has 0 unspecified atom stereocenters. The number of rotatable bonds is 5. The first-order valence-corrected chi connectivity index (χ1v) is 10.6. The fraction of sp³-hybridized carbons (Fsp3) is 0.500. The fourth-order valence-corrected chi connectivity index (χ4v) is 4.25. The van der Waals surface area contributed by atoms with Gasteiger partial charge in [0.15, 0.2) is 0 Å². The molecule has 1 atom stereocenters. The number of aromatic nitrogens is 2. The highest BCUT2D eigenvalue weighted by atomic mass is 16.2. The lowest BCUT2D eigenvalue weighted by Crippen LogP contribution is -2.49. The minimum Gasteiger partial charge on any atom is -0.352 e. The van der Waals surface area contributed by atoms with Gasteiger partial charge < -0.3 is 15.1 Å². The van der Waals surface area contributed by atoms with Crippen molar-refractivity contribution >= 4 is 11.9 Å². The van der Waals surface area contributed by atoms with Crippen molar-refractivity contribution in [1.82, 2.24) is 24.9 Å². The van der Waals surface area contributed by atoms with Gasteiger partial charge in [-0.3, -0.25) is 9.48 Å². The minimum absolute atomic E-state index is 0.0396. The highest BCUT2D eigenvalue weighted by Crippen LogP contribution is 2.20. The second-order valence-electron chi connectivity index (χ2n) is 7.95. The molecule has 1 aromatic heterocycles. The van der Waals surface area contributed by atoms with Crippen molar-refractivity contribution in [2.24, 2.45) is 5.92 Å². The molecule has 3 heterocycles. The first kappa shape index (κ1) is 19.5. The van der Waals surface area contributed by atoms with Gasteiger partial charge in [-0.25, -0.2) is 4.79 Å². The lowest BCUT2D eigenvalue weighted by molar-refractivity contribution is -0.126. The molecule has 4 rings (SSSR count). The number of likely N-dealkylation sites (tertiary alicyclic amines) is 2. The predicted molar refractivity (Wildman–Crippen MR) is 110 cm³/mol. The number of piperidine rings is 1. The standard InChI is InChI=1S/C22H29N5O2/c28-21(20-9-5-13-26(16-20)22(29)25-11-3-4-12-25)23-15-18-7-1-2-8-19(18)17-27-14-6-10-24-27/h1-2,6-8,10,14,20H,3-5,9,11-13,15-17H2,(H,23,28)/t20-/m0/s1. The van der Waals surface area contributed by atoms with E-state index in [9.17, 15) is 9.59 Å². The van der Waals surface area contributed by atoms with Crippen LogP contribution in [0.25, 0.3) is 0 Å². The van der Waals surface area contributed by atoms with Gasteiger partial charge in [0.05, 0.1) is 12.5 Å². The van der Waals surface area contributed by atoms with Gasteiger partial charge in [0, 0.05) is 45.1 Å². The first-order valence-electron chi connectivity index (χ1n) is 10.6. The van der Waals surface area contributed by atoms with Crippen molar-refractivity contribution < 1.29 is 9.59 Å². The zero-order valence-corrected chi connectivity index (χ0v) is 16.8. The smallest absolute Gasteiger partial charge is 0.320 e. The van der Waals surface area contributed by atoms with Gasteiger partial charge >= 0.3 is 6.03 Å².